The van der Waals surface area contributed by atoms with Crippen molar-refractivity contribution in [1.82, 2.24) is 4.98 Å². The third kappa shape index (κ3) is 4.15. The minimum atomic E-state index is -0.256. The second kappa shape index (κ2) is 7.63. The van der Waals surface area contributed by atoms with Crippen LogP contribution < -0.4 is 10.1 Å². The third-order valence-electron chi connectivity index (χ3n) is 3.58. The summed E-state index contributed by atoms with van der Waals surface area (Å²) in [6.45, 7) is 0. The van der Waals surface area contributed by atoms with Crippen LogP contribution in [0.3, 0.4) is 0 Å². The summed E-state index contributed by atoms with van der Waals surface area (Å²) in [4.78, 5) is 28.8. The molecule has 0 saturated heterocycles. The molecule has 128 valence electrons. The lowest BCUT2D eigenvalue weighted by atomic mass is 10.1. The fourth-order valence-corrected chi connectivity index (χ4v) is 3.42. The second-order valence-electron chi connectivity index (χ2n) is 5.30. The SMILES string of the molecule is COc1ccc(Cl)cc1C(=O)CCC(=O)Nc1nc2ccccc2s1. The Morgan fingerprint density at radius 2 is 2.00 bits per heavy atom. The molecular weight excluding hydrogens is 360 g/mol. The number of Topliss-reactive ketones (excluding diaryl/α,β-unsaturated/α-hetero) is 1. The topological polar surface area (TPSA) is 68.3 Å². The van der Waals surface area contributed by atoms with Crippen LogP contribution in [0.25, 0.3) is 10.2 Å². The summed E-state index contributed by atoms with van der Waals surface area (Å²) in [6, 6.07) is 12.5. The summed E-state index contributed by atoms with van der Waals surface area (Å²) >= 11 is 7.33. The van der Waals surface area contributed by atoms with Crippen LogP contribution in [0.1, 0.15) is 23.2 Å². The number of ketones is 1. The molecule has 0 aliphatic carbocycles. The quantitative estimate of drug-likeness (QED) is 0.642. The van der Waals surface area contributed by atoms with E-state index in [9.17, 15) is 9.59 Å². The van der Waals surface area contributed by atoms with E-state index in [1.807, 2.05) is 24.3 Å². The molecule has 2 aromatic carbocycles. The number of thiazole rings is 1. The number of rotatable bonds is 6. The lowest BCUT2D eigenvalue weighted by molar-refractivity contribution is -0.116. The first-order valence-electron chi connectivity index (χ1n) is 7.59. The van der Waals surface area contributed by atoms with Gasteiger partial charge in [-0.25, -0.2) is 4.98 Å². The molecule has 0 aliphatic rings. The predicted molar refractivity (Wildman–Crippen MR) is 99.8 cm³/mol. The number of aromatic nitrogens is 1. The van der Waals surface area contributed by atoms with Crippen LogP contribution in [0.5, 0.6) is 5.75 Å². The van der Waals surface area contributed by atoms with Gasteiger partial charge in [0.1, 0.15) is 5.75 Å². The number of nitrogens with one attached hydrogen (secondary N) is 1. The number of hydrogen-bond acceptors (Lipinski definition) is 5. The molecule has 0 spiro atoms. The Morgan fingerprint density at radius 3 is 2.76 bits per heavy atom. The van der Waals surface area contributed by atoms with Gasteiger partial charge in [-0.05, 0) is 30.3 Å². The fourth-order valence-electron chi connectivity index (χ4n) is 2.37. The molecule has 1 aromatic heterocycles. The minimum Gasteiger partial charge on any atom is -0.496 e. The normalized spacial score (nSPS) is 10.6. The maximum absolute atomic E-state index is 12.3. The number of carbonyl (C=O) groups excluding carboxylic acids is 2. The number of carbonyl (C=O) groups is 2. The summed E-state index contributed by atoms with van der Waals surface area (Å²) in [7, 11) is 1.49. The van der Waals surface area contributed by atoms with Crippen molar-refractivity contribution >= 4 is 50.0 Å². The lowest BCUT2D eigenvalue weighted by Crippen LogP contribution is -2.13. The van der Waals surface area contributed by atoms with Crippen molar-refractivity contribution in [3.63, 3.8) is 0 Å². The van der Waals surface area contributed by atoms with Gasteiger partial charge in [0.25, 0.3) is 0 Å². The van der Waals surface area contributed by atoms with Crippen molar-refractivity contribution in [2.45, 2.75) is 12.8 Å². The average molecular weight is 375 g/mol. The highest BCUT2D eigenvalue weighted by atomic mass is 35.5. The molecule has 0 atom stereocenters. The lowest BCUT2D eigenvalue weighted by Gasteiger charge is -2.08. The highest BCUT2D eigenvalue weighted by molar-refractivity contribution is 7.22. The number of para-hydroxylation sites is 1. The Hall–Kier alpha value is -2.44. The predicted octanol–water partition coefficient (Wildman–Crippen LogP) is 4.56. The minimum absolute atomic E-state index is 0.0599. The van der Waals surface area contributed by atoms with E-state index in [4.69, 9.17) is 16.3 Å². The van der Waals surface area contributed by atoms with Crippen LogP contribution in [0, 0.1) is 0 Å². The molecule has 3 rings (SSSR count). The number of anilines is 1. The molecule has 1 amide bonds. The monoisotopic (exact) mass is 374 g/mol. The third-order valence-corrected chi connectivity index (χ3v) is 4.77. The van der Waals surface area contributed by atoms with Crippen LogP contribution in [0.2, 0.25) is 5.02 Å². The van der Waals surface area contributed by atoms with E-state index >= 15 is 0 Å². The summed E-state index contributed by atoms with van der Waals surface area (Å²) in [6.07, 6.45) is 0.123. The van der Waals surface area contributed by atoms with Crippen molar-refractivity contribution in [3.05, 3.63) is 53.1 Å². The summed E-state index contributed by atoms with van der Waals surface area (Å²) < 4.78 is 6.17. The van der Waals surface area contributed by atoms with Gasteiger partial charge in [-0.15, -0.1) is 0 Å². The molecule has 0 radical (unpaired) electrons. The molecule has 0 bridgehead atoms. The van der Waals surface area contributed by atoms with E-state index in [0.29, 0.717) is 21.5 Å². The van der Waals surface area contributed by atoms with Crippen molar-refractivity contribution < 1.29 is 14.3 Å². The van der Waals surface area contributed by atoms with Gasteiger partial charge in [0.05, 0.1) is 22.9 Å². The van der Waals surface area contributed by atoms with Gasteiger partial charge >= 0.3 is 0 Å². The Bertz CT molecular complexity index is 906. The van der Waals surface area contributed by atoms with Crippen LogP contribution >= 0.6 is 22.9 Å². The van der Waals surface area contributed by atoms with Crippen LogP contribution in [0.15, 0.2) is 42.5 Å². The molecule has 0 unspecified atom stereocenters. The van der Waals surface area contributed by atoms with E-state index in [2.05, 4.69) is 10.3 Å². The fraction of sp³-hybridized carbons (Fsp3) is 0.167. The maximum Gasteiger partial charge on any atom is 0.226 e. The van der Waals surface area contributed by atoms with Crippen LogP contribution in [-0.4, -0.2) is 23.8 Å². The molecule has 0 saturated carbocycles. The zero-order valence-corrected chi connectivity index (χ0v) is 15.0. The Balaban J connectivity index is 1.62. The molecule has 5 nitrogen and oxygen atoms in total. The Labute approximate surface area is 153 Å². The van der Waals surface area contributed by atoms with Gasteiger partial charge in [-0.2, -0.15) is 0 Å². The molecule has 25 heavy (non-hydrogen) atoms. The van der Waals surface area contributed by atoms with Gasteiger partial charge in [0.2, 0.25) is 5.91 Å². The Morgan fingerprint density at radius 1 is 1.20 bits per heavy atom. The van der Waals surface area contributed by atoms with E-state index in [-0.39, 0.29) is 24.5 Å². The van der Waals surface area contributed by atoms with Crippen LogP contribution in [-0.2, 0) is 4.79 Å². The van der Waals surface area contributed by atoms with E-state index < -0.39 is 0 Å². The average Bonchev–Trinajstić information content (AvgIpc) is 3.01. The molecule has 0 aliphatic heterocycles. The zero-order valence-electron chi connectivity index (χ0n) is 13.4. The Kier molecular flexibility index (Phi) is 5.31. The molecule has 3 aromatic rings. The summed E-state index contributed by atoms with van der Waals surface area (Å²) in [5, 5.41) is 3.71. The molecule has 0 fully saturated rings. The first kappa shape index (κ1) is 17.4. The zero-order chi connectivity index (χ0) is 17.8. The number of benzene rings is 2. The van der Waals surface area contributed by atoms with E-state index in [1.54, 1.807) is 18.2 Å². The first-order chi connectivity index (χ1) is 12.1. The largest absolute Gasteiger partial charge is 0.496 e. The van der Waals surface area contributed by atoms with E-state index in [1.165, 1.54) is 18.4 Å². The number of amides is 1. The van der Waals surface area contributed by atoms with Crippen molar-refractivity contribution in [3.8, 4) is 5.75 Å². The number of nitrogens with zero attached hydrogens (tertiary/aromatic N) is 1. The van der Waals surface area contributed by atoms with Gasteiger partial charge in [-0.3, -0.25) is 9.59 Å². The molecular formula is C18H15ClN2O3S. The number of hydrogen-bond donors (Lipinski definition) is 1. The number of halogens is 1. The standard InChI is InChI=1S/C18H15ClN2O3S/c1-24-15-8-6-11(19)10-12(15)14(22)7-9-17(23)21-18-20-13-4-2-3-5-16(13)25-18/h2-6,8,10H,7,9H2,1H3,(H,20,21,23). The van der Waals surface area contributed by atoms with E-state index in [0.717, 1.165) is 10.2 Å². The highest BCUT2D eigenvalue weighted by Crippen LogP contribution is 2.26. The number of ether oxygens (including phenoxy) is 1. The summed E-state index contributed by atoms with van der Waals surface area (Å²) in [5.41, 5.74) is 1.21. The van der Waals surface area contributed by atoms with Gasteiger partial charge in [0.15, 0.2) is 10.9 Å². The van der Waals surface area contributed by atoms with Gasteiger partial charge in [-0.1, -0.05) is 35.1 Å². The van der Waals surface area contributed by atoms with Crippen molar-refractivity contribution in [2.24, 2.45) is 0 Å². The van der Waals surface area contributed by atoms with Crippen LogP contribution in [0.4, 0.5) is 5.13 Å². The maximum atomic E-state index is 12.3. The van der Waals surface area contributed by atoms with Gasteiger partial charge < -0.3 is 10.1 Å². The summed E-state index contributed by atoms with van der Waals surface area (Å²) in [5.74, 6) is -0.00631. The van der Waals surface area contributed by atoms with Crippen molar-refractivity contribution in [1.29, 1.82) is 0 Å². The van der Waals surface area contributed by atoms with Gasteiger partial charge in [0, 0.05) is 17.9 Å². The smallest absolute Gasteiger partial charge is 0.226 e. The van der Waals surface area contributed by atoms with Crippen molar-refractivity contribution in [2.75, 3.05) is 12.4 Å². The second-order valence-corrected chi connectivity index (χ2v) is 6.77. The highest BCUT2D eigenvalue weighted by Gasteiger charge is 2.15. The molecule has 1 N–H and O–H groups in total. The first-order valence-corrected chi connectivity index (χ1v) is 8.78. The molecule has 7 heteroatoms. The number of fused-ring (bicyclic) bond motifs is 1. The molecule has 1 heterocycles. The number of methoxy groups -OCH3 is 1.